The average Bonchev–Trinajstić information content (AvgIpc) is 1.81. The van der Waals surface area contributed by atoms with Gasteiger partial charge in [-0.2, -0.15) is 0 Å². The van der Waals surface area contributed by atoms with Crippen LogP contribution >= 0.6 is 0 Å². The molecule has 3 heteroatoms. The fourth-order valence-corrected chi connectivity index (χ4v) is 0.309. The van der Waals surface area contributed by atoms with Gasteiger partial charge in [0.2, 0.25) is 6.41 Å². The van der Waals surface area contributed by atoms with Crippen LogP contribution in [-0.2, 0) is 9.63 Å². The van der Waals surface area contributed by atoms with E-state index in [0.29, 0.717) is 13.0 Å². The molecule has 0 unspecified atom stereocenters. The van der Waals surface area contributed by atoms with Crippen molar-refractivity contribution in [3.05, 3.63) is 0 Å². The summed E-state index contributed by atoms with van der Waals surface area (Å²) in [5, 5.41) is 0. The minimum absolute atomic E-state index is 0.523. The van der Waals surface area contributed by atoms with Gasteiger partial charge in [0, 0.05) is 0 Å². The molecular formula is C5H11NO2. The van der Waals surface area contributed by atoms with Crippen molar-refractivity contribution < 1.29 is 9.63 Å². The zero-order chi connectivity index (χ0) is 6.24. The third-order valence-corrected chi connectivity index (χ3v) is 0.731. The highest BCUT2D eigenvalue weighted by atomic mass is 16.6. The third kappa shape index (κ3) is 5.43. The van der Waals surface area contributed by atoms with Crippen LogP contribution in [0.2, 0.25) is 0 Å². The van der Waals surface area contributed by atoms with E-state index in [4.69, 9.17) is 0 Å². The second kappa shape index (κ2) is 6.43. The van der Waals surface area contributed by atoms with Gasteiger partial charge in [-0.3, -0.25) is 9.63 Å². The Labute approximate surface area is 49.0 Å². The minimum atomic E-state index is 0.523. The van der Waals surface area contributed by atoms with E-state index < -0.39 is 0 Å². The number of carbonyl (C=O) groups is 1. The minimum Gasteiger partial charge on any atom is -0.277 e. The molecule has 48 valence electrons. The van der Waals surface area contributed by atoms with Crippen LogP contribution in [0, 0.1) is 0 Å². The Kier molecular flexibility index (Phi) is 5.97. The van der Waals surface area contributed by atoms with Crippen LogP contribution in [0.4, 0.5) is 0 Å². The Morgan fingerprint density at radius 2 is 2.50 bits per heavy atom. The first kappa shape index (κ1) is 7.43. The molecule has 0 aliphatic heterocycles. The van der Waals surface area contributed by atoms with Crippen LogP contribution in [0.3, 0.4) is 0 Å². The van der Waals surface area contributed by atoms with Gasteiger partial charge < -0.3 is 0 Å². The third-order valence-electron chi connectivity index (χ3n) is 0.731. The molecule has 0 aromatic heterocycles. The van der Waals surface area contributed by atoms with Crippen LogP contribution in [0.5, 0.6) is 0 Å². The van der Waals surface area contributed by atoms with Gasteiger partial charge in [-0.15, -0.1) is 0 Å². The standard InChI is InChI=1S/C5H11NO2/c1-2-3-4-8-6-5-7/h5H,2-4H2,1H3,(H,6,7). The highest BCUT2D eigenvalue weighted by Crippen LogP contribution is 1.83. The van der Waals surface area contributed by atoms with Crippen molar-refractivity contribution in [2.75, 3.05) is 6.61 Å². The summed E-state index contributed by atoms with van der Waals surface area (Å²) >= 11 is 0. The first-order valence-electron chi connectivity index (χ1n) is 2.72. The Balaban J connectivity index is 2.62. The number of amides is 1. The van der Waals surface area contributed by atoms with Crippen molar-refractivity contribution in [2.45, 2.75) is 19.8 Å². The summed E-state index contributed by atoms with van der Waals surface area (Å²) in [6.45, 7) is 2.67. The molecular weight excluding hydrogens is 106 g/mol. The number of hydroxylamine groups is 1. The van der Waals surface area contributed by atoms with E-state index in [1.807, 2.05) is 0 Å². The quantitative estimate of drug-likeness (QED) is 0.323. The number of carbonyl (C=O) groups excluding carboxylic acids is 1. The van der Waals surface area contributed by atoms with Crippen molar-refractivity contribution in [3.63, 3.8) is 0 Å². The summed E-state index contributed by atoms with van der Waals surface area (Å²) in [6.07, 6.45) is 2.59. The van der Waals surface area contributed by atoms with E-state index in [2.05, 4.69) is 17.2 Å². The van der Waals surface area contributed by atoms with E-state index in [9.17, 15) is 4.79 Å². The van der Waals surface area contributed by atoms with Gasteiger partial charge in [0.05, 0.1) is 6.61 Å². The van der Waals surface area contributed by atoms with Gasteiger partial charge in [0.25, 0.3) is 0 Å². The van der Waals surface area contributed by atoms with Gasteiger partial charge in [-0.25, -0.2) is 5.48 Å². The predicted octanol–water partition coefficient (Wildman–Crippen LogP) is 0.464. The molecule has 1 amide bonds. The highest BCUT2D eigenvalue weighted by molar-refractivity contribution is 5.43. The molecule has 0 aliphatic rings. The molecule has 0 aromatic carbocycles. The van der Waals surface area contributed by atoms with Crippen LogP contribution in [-0.4, -0.2) is 13.0 Å². The molecule has 0 atom stereocenters. The SMILES string of the molecule is CCCCONC=O. The summed E-state index contributed by atoms with van der Waals surface area (Å²) in [5.41, 5.74) is 2.10. The van der Waals surface area contributed by atoms with Crippen molar-refractivity contribution in [1.29, 1.82) is 0 Å². The molecule has 0 aliphatic carbocycles. The molecule has 0 bridgehead atoms. The van der Waals surface area contributed by atoms with Gasteiger partial charge in [0.1, 0.15) is 0 Å². The fraction of sp³-hybridized carbons (Fsp3) is 0.800. The van der Waals surface area contributed by atoms with E-state index in [1.165, 1.54) is 0 Å². The maximum absolute atomic E-state index is 9.53. The summed E-state index contributed by atoms with van der Waals surface area (Å²) in [4.78, 5) is 14.1. The van der Waals surface area contributed by atoms with Crippen molar-refractivity contribution in [2.24, 2.45) is 0 Å². The van der Waals surface area contributed by atoms with E-state index in [1.54, 1.807) is 0 Å². The molecule has 0 saturated heterocycles. The molecule has 0 heterocycles. The Morgan fingerprint density at radius 1 is 1.75 bits per heavy atom. The lowest BCUT2D eigenvalue weighted by molar-refractivity contribution is -0.120. The maximum atomic E-state index is 9.53. The number of hydrogen-bond donors (Lipinski definition) is 1. The zero-order valence-electron chi connectivity index (χ0n) is 5.02. The van der Waals surface area contributed by atoms with E-state index >= 15 is 0 Å². The lowest BCUT2D eigenvalue weighted by atomic mass is 10.4. The van der Waals surface area contributed by atoms with Crippen LogP contribution in [0.15, 0.2) is 0 Å². The van der Waals surface area contributed by atoms with Gasteiger partial charge in [0.15, 0.2) is 0 Å². The summed E-state index contributed by atoms with van der Waals surface area (Å²) in [6, 6.07) is 0. The lowest BCUT2D eigenvalue weighted by Gasteiger charge is -1.95. The number of hydrogen-bond acceptors (Lipinski definition) is 2. The predicted molar refractivity (Wildman–Crippen MR) is 30.1 cm³/mol. The van der Waals surface area contributed by atoms with Gasteiger partial charge in [-0.1, -0.05) is 13.3 Å². The van der Waals surface area contributed by atoms with Crippen molar-refractivity contribution in [1.82, 2.24) is 5.48 Å². The Bertz CT molecular complexity index is 56.4. The summed E-state index contributed by atoms with van der Waals surface area (Å²) in [7, 11) is 0. The van der Waals surface area contributed by atoms with Crippen LogP contribution in [0.25, 0.3) is 0 Å². The smallest absolute Gasteiger partial charge is 0.230 e. The molecule has 1 N–H and O–H groups in total. The van der Waals surface area contributed by atoms with Gasteiger partial charge >= 0.3 is 0 Å². The first-order valence-corrected chi connectivity index (χ1v) is 2.72. The Hall–Kier alpha value is -0.570. The second-order valence-corrected chi connectivity index (χ2v) is 1.44. The number of nitrogens with one attached hydrogen (secondary N) is 1. The topological polar surface area (TPSA) is 38.3 Å². The Morgan fingerprint density at radius 3 is 3.00 bits per heavy atom. The molecule has 0 saturated carbocycles. The molecule has 0 spiro atoms. The van der Waals surface area contributed by atoms with E-state index in [0.717, 1.165) is 12.8 Å². The fourth-order valence-electron chi connectivity index (χ4n) is 0.309. The van der Waals surface area contributed by atoms with Crippen molar-refractivity contribution >= 4 is 6.41 Å². The molecule has 3 nitrogen and oxygen atoms in total. The average molecular weight is 117 g/mol. The molecule has 0 rings (SSSR count). The number of unbranched alkanes of at least 4 members (excludes halogenated alkanes) is 1. The first-order chi connectivity index (χ1) is 3.91. The maximum Gasteiger partial charge on any atom is 0.230 e. The lowest BCUT2D eigenvalue weighted by Crippen LogP contribution is -2.11. The largest absolute Gasteiger partial charge is 0.277 e. The van der Waals surface area contributed by atoms with Gasteiger partial charge in [-0.05, 0) is 6.42 Å². The van der Waals surface area contributed by atoms with Crippen LogP contribution in [0.1, 0.15) is 19.8 Å². The highest BCUT2D eigenvalue weighted by Gasteiger charge is 1.80. The summed E-state index contributed by atoms with van der Waals surface area (Å²) < 4.78 is 0. The molecule has 0 fully saturated rings. The second-order valence-electron chi connectivity index (χ2n) is 1.44. The van der Waals surface area contributed by atoms with E-state index in [-0.39, 0.29) is 0 Å². The zero-order valence-corrected chi connectivity index (χ0v) is 5.02. The van der Waals surface area contributed by atoms with Crippen LogP contribution < -0.4 is 5.48 Å². The molecule has 0 radical (unpaired) electrons. The summed E-state index contributed by atoms with van der Waals surface area (Å²) in [5.74, 6) is 0. The van der Waals surface area contributed by atoms with Crippen molar-refractivity contribution in [3.8, 4) is 0 Å². The monoisotopic (exact) mass is 117 g/mol. The molecule has 0 aromatic rings. The normalized spacial score (nSPS) is 8.62. The molecule has 8 heavy (non-hydrogen) atoms. The number of rotatable bonds is 5.